The van der Waals surface area contributed by atoms with E-state index in [9.17, 15) is 9.59 Å². The van der Waals surface area contributed by atoms with Crippen LogP contribution in [-0.4, -0.2) is 28.3 Å². The standard InChI is InChI=1S/C11H13NO3S2/c13-8(7-17-9-3-1-6-16-9)12-11(10(14)15)4-2-5-11/h1,3,6H,2,4-5,7H2,(H,12,13)(H,14,15). The van der Waals surface area contributed by atoms with Crippen LogP contribution in [0.3, 0.4) is 0 Å². The monoisotopic (exact) mass is 271 g/mol. The second kappa shape index (κ2) is 5.10. The maximum absolute atomic E-state index is 11.7. The normalized spacial score (nSPS) is 17.2. The molecule has 1 amide bonds. The lowest BCUT2D eigenvalue weighted by atomic mass is 9.77. The Morgan fingerprint density at radius 1 is 1.53 bits per heavy atom. The molecule has 1 heterocycles. The summed E-state index contributed by atoms with van der Waals surface area (Å²) in [6, 6.07) is 3.87. The highest BCUT2D eigenvalue weighted by Gasteiger charge is 2.45. The Bertz CT molecular complexity index is 412. The van der Waals surface area contributed by atoms with Crippen LogP contribution in [0.15, 0.2) is 21.7 Å². The number of amides is 1. The van der Waals surface area contributed by atoms with Gasteiger partial charge in [-0.25, -0.2) is 4.79 Å². The van der Waals surface area contributed by atoms with Crippen LogP contribution < -0.4 is 5.32 Å². The Labute approximate surface area is 107 Å². The van der Waals surface area contributed by atoms with Gasteiger partial charge in [-0.1, -0.05) is 6.07 Å². The predicted octanol–water partition coefficient (Wildman–Crippen LogP) is 1.96. The summed E-state index contributed by atoms with van der Waals surface area (Å²) in [6.07, 6.45) is 1.94. The van der Waals surface area contributed by atoms with Crippen molar-refractivity contribution in [3.8, 4) is 0 Å². The molecule has 2 rings (SSSR count). The minimum atomic E-state index is -0.993. The van der Waals surface area contributed by atoms with Crippen LogP contribution in [-0.2, 0) is 9.59 Å². The van der Waals surface area contributed by atoms with E-state index in [2.05, 4.69) is 5.32 Å². The second-order valence-electron chi connectivity index (χ2n) is 4.01. The summed E-state index contributed by atoms with van der Waals surface area (Å²) in [5.41, 5.74) is -0.993. The molecule has 0 bridgehead atoms. The molecule has 1 fully saturated rings. The first-order valence-electron chi connectivity index (χ1n) is 5.33. The van der Waals surface area contributed by atoms with E-state index < -0.39 is 11.5 Å². The van der Waals surface area contributed by atoms with Gasteiger partial charge in [0.15, 0.2) is 0 Å². The van der Waals surface area contributed by atoms with Crippen LogP contribution in [0.2, 0.25) is 0 Å². The Morgan fingerprint density at radius 3 is 2.76 bits per heavy atom. The number of nitrogens with one attached hydrogen (secondary N) is 1. The lowest BCUT2D eigenvalue weighted by Gasteiger charge is -2.38. The van der Waals surface area contributed by atoms with Crippen LogP contribution in [0.4, 0.5) is 0 Å². The van der Waals surface area contributed by atoms with Gasteiger partial charge in [0.05, 0.1) is 9.96 Å². The first kappa shape index (κ1) is 12.4. The molecule has 0 aliphatic heterocycles. The van der Waals surface area contributed by atoms with Gasteiger partial charge in [-0.05, 0) is 30.7 Å². The van der Waals surface area contributed by atoms with Gasteiger partial charge in [-0.3, -0.25) is 4.79 Å². The smallest absolute Gasteiger partial charge is 0.329 e. The highest BCUT2D eigenvalue weighted by Crippen LogP contribution is 2.32. The number of aliphatic carboxylic acids is 1. The van der Waals surface area contributed by atoms with Crippen molar-refractivity contribution in [3.05, 3.63) is 17.5 Å². The highest BCUT2D eigenvalue weighted by molar-refractivity contribution is 8.01. The number of carbonyl (C=O) groups is 2. The summed E-state index contributed by atoms with van der Waals surface area (Å²) in [4.78, 5) is 22.7. The molecule has 1 aliphatic rings. The summed E-state index contributed by atoms with van der Waals surface area (Å²) < 4.78 is 1.07. The molecule has 1 aromatic heterocycles. The van der Waals surface area contributed by atoms with E-state index in [1.54, 1.807) is 11.3 Å². The molecule has 0 saturated heterocycles. The number of thioether (sulfide) groups is 1. The highest BCUT2D eigenvalue weighted by atomic mass is 32.2. The van der Waals surface area contributed by atoms with E-state index in [1.807, 2.05) is 17.5 Å². The summed E-state index contributed by atoms with van der Waals surface area (Å²) in [5, 5.41) is 13.7. The van der Waals surface area contributed by atoms with Gasteiger partial charge in [-0.2, -0.15) is 0 Å². The van der Waals surface area contributed by atoms with Gasteiger partial charge in [0, 0.05) is 0 Å². The Balaban J connectivity index is 1.83. The number of carboxylic acid groups (broad SMARTS) is 1. The average Bonchev–Trinajstić information content (AvgIpc) is 2.72. The SMILES string of the molecule is O=C(CSc1cccs1)NC1(C(=O)O)CCC1. The van der Waals surface area contributed by atoms with Crippen molar-refractivity contribution >= 4 is 35.0 Å². The van der Waals surface area contributed by atoms with Crippen molar-refractivity contribution in [2.75, 3.05) is 5.75 Å². The number of rotatable bonds is 5. The van der Waals surface area contributed by atoms with Gasteiger partial charge in [-0.15, -0.1) is 23.1 Å². The summed E-state index contributed by atoms with van der Waals surface area (Å²) in [5.74, 6) is -0.848. The molecule has 0 spiro atoms. The second-order valence-corrected chi connectivity index (χ2v) is 6.23. The summed E-state index contributed by atoms with van der Waals surface area (Å²) in [7, 11) is 0. The zero-order valence-corrected chi connectivity index (χ0v) is 10.8. The van der Waals surface area contributed by atoms with Gasteiger partial charge >= 0.3 is 5.97 Å². The molecule has 1 saturated carbocycles. The topological polar surface area (TPSA) is 66.4 Å². The van der Waals surface area contributed by atoms with Gasteiger partial charge in [0.2, 0.25) is 5.91 Å². The van der Waals surface area contributed by atoms with Crippen molar-refractivity contribution in [3.63, 3.8) is 0 Å². The van der Waals surface area contributed by atoms with E-state index in [-0.39, 0.29) is 11.7 Å². The number of thiophene rings is 1. The number of hydrogen-bond donors (Lipinski definition) is 2. The van der Waals surface area contributed by atoms with Crippen molar-refractivity contribution in [2.45, 2.75) is 29.0 Å². The molecule has 0 atom stereocenters. The van der Waals surface area contributed by atoms with E-state index in [1.165, 1.54) is 11.8 Å². The fourth-order valence-electron chi connectivity index (χ4n) is 1.71. The van der Waals surface area contributed by atoms with Crippen LogP contribution in [0, 0.1) is 0 Å². The maximum atomic E-state index is 11.7. The van der Waals surface area contributed by atoms with Gasteiger partial charge < -0.3 is 10.4 Å². The third-order valence-corrected chi connectivity index (χ3v) is 4.97. The molecule has 4 nitrogen and oxygen atoms in total. The summed E-state index contributed by atoms with van der Waals surface area (Å²) in [6.45, 7) is 0. The van der Waals surface area contributed by atoms with Crippen molar-refractivity contribution in [2.24, 2.45) is 0 Å². The van der Waals surface area contributed by atoms with Crippen LogP contribution >= 0.6 is 23.1 Å². The van der Waals surface area contributed by atoms with Crippen molar-refractivity contribution < 1.29 is 14.7 Å². The fourth-order valence-corrected chi connectivity index (χ4v) is 3.29. The number of carboxylic acids is 1. The first-order valence-corrected chi connectivity index (χ1v) is 7.20. The van der Waals surface area contributed by atoms with Crippen molar-refractivity contribution in [1.29, 1.82) is 0 Å². The minimum Gasteiger partial charge on any atom is -0.480 e. The quantitative estimate of drug-likeness (QED) is 0.803. The predicted molar refractivity (Wildman–Crippen MR) is 67.4 cm³/mol. The Hall–Kier alpha value is -1.01. The molecule has 0 aromatic carbocycles. The molecular formula is C11H13NO3S2. The zero-order chi connectivity index (χ0) is 12.3. The van der Waals surface area contributed by atoms with E-state index in [0.29, 0.717) is 12.8 Å². The first-order chi connectivity index (χ1) is 8.12. The third kappa shape index (κ3) is 2.81. The molecule has 0 radical (unpaired) electrons. The molecule has 17 heavy (non-hydrogen) atoms. The lowest BCUT2D eigenvalue weighted by Crippen LogP contribution is -2.59. The van der Waals surface area contributed by atoms with Gasteiger partial charge in [0.25, 0.3) is 0 Å². The molecular weight excluding hydrogens is 258 g/mol. The molecule has 2 N–H and O–H groups in total. The van der Waals surface area contributed by atoms with Crippen LogP contribution in [0.25, 0.3) is 0 Å². The largest absolute Gasteiger partial charge is 0.480 e. The zero-order valence-electron chi connectivity index (χ0n) is 9.14. The Kier molecular flexibility index (Phi) is 3.73. The molecule has 1 aliphatic carbocycles. The van der Waals surface area contributed by atoms with Gasteiger partial charge in [0.1, 0.15) is 5.54 Å². The van der Waals surface area contributed by atoms with Crippen LogP contribution in [0.1, 0.15) is 19.3 Å². The average molecular weight is 271 g/mol. The molecule has 6 heteroatoms. The van der Waals surface area contributed by atoms with Crippen LogP contribution in [0.5, 0.6) is 0 Å². The molecule has 1 aromatic rings. The lowest BCUT2D eigenvalue weighted by molar-refractivity contribution is -0.151. The number of carbonyl (C=O) groups excluding carboxylic acids is 1. The van der Waals surface area contributed by atoms with E-state index in [0.717, 1.165) is 10.6 Å². The minimum absolute atomic E-state index is 0.203. The summed E-state index contributed by atoms with van der Waals surface area (Å²) >= 11 is 3.01. The Morgan fingerprint density at radius 2 is 2.29 bits per heavy atom. The fraction of sp³-hybridized carbons (Fsp3) is 0.455. The van der Waals surface area contributed by atoms with E-state index in [4.69, 9.17) is 5.11 Å². The maximum Gasteiger partial charge on any atom is 0.329 e. The molecule has 0 unspecified atom stereocenters. The molecule has 92 valence electrons. The van der Waals surface area contributed by atoms with E-state index >= 15 is 0 Å². The van der Waals surface area contributed by atoms with Crippen molar-refractivity contribution in [1.82, 2.24) is 5.32 Å². The number of hydrogen-bond acceptors (Lipinski definition) is 4. The third-order valence-electron chi connectivity index (χ3n) is 2.84.